The molecule has 0 aliphatic rings. The summed E-state index contributed by atoms with van der Waals surface area (Å²) in [4.78, 5) is 11.7. The van der Waals surface area contributed by atoms with Crippen LogP contribution in [0.25, 0.3) is 5.69 Å². The molecule has 1 aromatic heterocycles. The Morgan fingerprint density at radius 2 is 2.15 bits per heavy atom. The Hall–Kier alpha value is -1.99. The first-order valence-electron chi connectivity index (χ1n) is 5.60. The van der Waals surface area contributed by atoms with E-state index in [-0.39, 0.29) is 17.3 Å². The molecule has 1 aromatic carbocycles. The second kappa shape index (κ2) is 5.98. The minimum atomic E-state index is -0.711. The topological polar surface area (TPSA) is 77.2 Å². The third-order valence-corrected chi connectivity index (χ3v) is 2.90. The number of aliphatic hydroxyl groups is 1. The zero-order chi connectivity index (χ0) is 14.7. The minimum absolute atomic E-state index is 0.00614. The molecule has 0 radical (unpaired) electrons. The fraction of sp³-hybridized carbons (Fsp3) is 0.250. The fourth-order valence-corrected chi connectivity index (χ4v) is 1.97. The highest BCUT2D eigenvalue weighted by Gasteiger charge is 2.20. The van der Waals surface area contributed by atoms with Gasteiger partial charge >= 0.3 is 5.97 Å². The smallest absolute Gasteiger partial charge is 0.340 e. The van der Waals surface area contributed by atoms with Crippen molar-refractivity contribution in [2.24, 2.45) is 0 Å². The Bertz CT molecular complexity index is 623. The first-order valence-corrected chi connectivity index (χ1v) is 6.14. The lowest BCUT2D eigenvalue weighted by Crippen LogP contribution is -2.12. The molecule has 0 aliphatic carbocycles. The molecule has 0 unspecified atom stereocenters. The number of rotatable bonds is 4. The number of ether oxygens (including phenoxy) is 1. The number of carbonyl (C=O) groups excluding carboxylic acids is 1. The zero-order valence-electron chi connectivity index (χ0n) is 10.5. The number of benzene rings is 1. The second-order valence-corrected chi connectivity index (χ2v) is 4.08. The number of aromatic nitrogens is 3. The summed E-state index contributed by atoms with van der Waals surface area (Å²) in [6.45, 7) is -0.401. The van der Waals surface area contributed by atoms with Gasteiger partial charge in [-0.1, -0.05) is 0 Å². The molecule has 2 rings (SSSR count). The predicted octanol–water partition coefficient (Wildman–Crippen LogP) is 1.42. The number of nitrogens with zero attached hydrogens (tertiary/aromatic N) is 3. The second-order valence-electron chi connectivity index (χ2n) is 3.81. The van der Waals surface area contributed by atoms with Crippen molar-refractivity contribution in [3.05, 3.63) is 41.2 Å². The summed E-state index contributed by atoms with van der Waals surface area (Å²) in [6.07, 6.45) is 0. The van der Waals surface area contributed by atoms with E-state index in [4.69, 9.17) is 11.6 Å². The van der Waals surface area contributed by atoms with Crippen LogP contribution in [0.5, 0.6) is 0 Å². The van der Waals surface area contributed by atoms with Gasteiger partial charge in [0.15, 0.2) is 11.6 Å². The van der Waals surface area contributed by atoms with Crippen LogP contribution in [-0.4, -0.2) is 33.0 Å². The highest BCUT2D eigenvalue weighted by Crippen LogP contribution is 2.21. The number of alkyl halides is 1. The average molecular weight is 300 g/mol. The molecule has 8 heteroatoms. The average Bonchev–Trinajstić information content (AvgIpc) is 2.89. The van der Waals surface area contributed by atoms with Gasteiger partial charge in [0.05, 0.1) is 24.2 Å². The van der Waals surface area contributed by atoms with Gasteiger partial charge in [0.25, 0.3) is 0 Å². The summed E-state index contributed by atoms with van der Waals surface area (Å²) >= 11 is 5.75. The monoisotopic (exact) mass is 299 g/mol. The van der Waals surface area contributed by atoms with Crippen LogP contribution < -0.4 is 0 Å². The van der Waals surface area contributed by atoms with E-state index >= 15 is 0 Å². The fourth-order valence-electron chi connectivity index (χ4n) is 1.80. The van der Waals surface area contributed by atoms with E-state index in [0.29, 0.717) is 11.5 Å². The van der Waals surface area contributed by atoms with Gasteiger partial charge in [0, 0.05) is 0 Å². The van der Waals surface area contributed by atoms with Crippen molar-refractivity contribution < 1.29 is 19.0 Å². The number of hydrogen-bond acceptors (Lipinski definition) is 5. The Labute approximate surface area is 118 Å². The lowest BCUT2D eigenvalue weighted by Gasteiger charge is -2.12. The van der Waals surface area contributed by atoms with Crippen LogP contribution in [0.4, 0.5) is 4.39 Å². The molecule has 0 saturated heterocycles. The summed E-state index contributed by atoms with van der Waals surface area (Å²) in [5.41, 5.74) is 0.288. The zero-order valence-corrected chi connectivity index (χ0v) is 11.3. The van der Waals surface area contributed by atoms with Crippen molar-refractivity contribution in [1.29, 1.82) is 0 Å². The van der Waals surface area contributed by atoms with E-state index in [0.717, 1.165) is 6.07 Å². The number of methoxy groups -OCH3 is 1. The highest BCUT2D eigenvalue weighted by atomic mass is 35.5. The van der Waals surface area contributed by atoms with Crippen molar-refractivity contribution >= 4 is 17.6 Å². The molecule has 0 amide bonds. The van der Waals surface area contributed by atoms with Gasteiger partial charge in [0.1, 0.15) is 12.4 Å². The summed E-state index contributed by atoms with van der Waals surface area (Å²) < 4.78 is 19.3. The number of halogens is 2. The molecule has 0 saturated carbocycles. The van der Waals surface area contributed by atoms with Gasteiger partial charge in [-0.05, 0) is 18.2 Å². The summed E-state index contributed by atoms with van der Waals surface area (Å²) in [5.74, 6) is -0.756. The number of carbonyl (C=O) groups is 1. The van der Waals surface area contributed by atoms with Gasteiger partial charge in [-0.15, -0.1) is 21.8 Å². The molecule has 2 aromatic rings. The molecule has 20 heavy (non-hydrogen) atoms. The van der Waals surface area contributed by atoms with Crippen molar-refractivity contribution in [3.8, 4) is 5.69 Å². The van der Waals surface area contributed by atoms with Crippen molar-refractivity contribution in [3.63, 3.8) is 0 Å². The highest BCUT2D eigenvalue weighted by molar-refractivity contribution is 6.16. The predicted molar refractivity (Wildman–Crippen MR) is 68.1 cm³/mol. The molecule has 1 heterocycles. The van der Waals surface area contributed by atoms with Crippen LogP contribution in [0, 0.1) is 5.82 Å². The first kappa shape index (κ1) is 14.4. The molecule has 0 fully saturated rings. The molecule has 106 valence electrons. The number of aliphatic hydroxyl groups excluding tert-OH is 1. The van der Waals surface area contributed by atoms with Gasteiger partial charge in [-0.2, -0.15) is 0 Å². The maximum Gasteiger partial charge on any atom is 0.340 e. The standard InChI is InChI=1S/C12H11ClFN3O3/c1-20-12(19)8-4-7(14)2-3-9(8)17-10(5-13)15-16-11(17)6-18/h2-4,18H,5-6H2,1H3. The molecule has 0 aliphatic heterocycles. The van der Waals surface area contributed by atoms with E-state index in [2.05, 4.69) is 14.9 Å². The maximum atomic E-state index is 13.3. The van der Waals surface area contributed by atoms with E-state index < -0.39 is 18.4 Å². The van der Waals surface area contributed by atoms with Crippen LogP contribution in [0.3, 0.4) is 0 Å². The lowest BCUT2D eigenvalue weighted by atomic mass is 10.1. The Balaban J connectivity index is 2.69. The lowest BCUT2D eigenvalue weighted by molar-refractivity contribution is 0.0600. The SMILES string of the molecule is COC(=O)c1cc(F)ccc1-n1c(CO)nnc1CCl. The quantitative estimate of drug-likeness (QED) is 0.682. The van der Waals surface area contributed by atoms with Crippen molar-refractivity contribution in [2.75, 3.05) is 7.11 Å². The molecule has 0 atom stereocenters. The maximum absolute atomic E-state index is 13.3. The largest absolute Gasteiger partial charge is 0.465 e. The summed E-state index contributed by atoms with van der Waals surface area (Å²) in [6, 6.07) is 3.60. The van der Waals surface area contributed by atoms with Crippen molar-refractivity contribution in [2.45, 2.75) is 12.5 Å². The van der Waals surface area contributed by atoms with Gasteiger partial charge in [-0.3, -0.25) is 4.57 Å². The molecule has 6 nitrogen and oxygen atoms in total. The molecule has 0 bridgehead atoms. The van der Waals surface area contributed by atoms with E-state index in [1.54, 1.807) is 0 Å². The number of esters is 1. The minimum Gasteiger partial charge on any atom is -0.465 e. The van der Waals surface area contributed by atoms with E-state index in [1.165, 1.54) is 23.8 Å². The van der Waals surface area contributed by atoms with E-state index in [1.807, 2.05) is 0 Å². The van der Waals surface area contributed by atoms with Crippen LogP contribution in [-0.2, 0) is 17.2 Å². The van der Waals surface area contributed by atoms with E-state index in [9.17, 15) is 14.3 Å². The normalized spacial score (nSPS) is 10.6. The third kappa shape index (κ3) is 2.50. The van der Waals surface area contributed by atoms with Crippen molar-refractivity contribution in [1.82, 2.24) is 14.8 Å². The Kier molecular flexibility index (Phi) is 4.31. The van der Waals surface area contributed by atoms with Gasteiger partial charge < -0.3 is 9.84 Å². The van der Waals surface area contributed by atoms with Crippen LogP contribution in [0.15, 0.2) is 18.2 Å². The first-order chi connectivity index (χ1) is 9.62. The van der Waals surface area contributed by atoms with Crippen LogP contribution in [0.2, 0.25) is 0 Å². The van der Waals surface area contributed by atoms with Crippen LogP contribution in [0.1, 0.15) is 22.0 Å². The van der Waals surface area contributed by atoms with Gasteiger partial charge in [0.2, 0.25) is 0 Å². The molecular weight excluding hydrogens is 289 g/mol. The van der Waals surface area contributed by atoms with Crippen LogP contribution >= 0.6 is 11.6 Å². The third-order valence-electron chi connectivity index (χ3n) is 2.66. The Morgan fingerprint density at radius 3 is 2.75 bits per heavy atom. The summed E-state index contributed by atoms with van der Waals surface area (Å²) in [5, 5.41) is 16.8. The number of hydrogen-bond donors (Lipinski definition) is 1. The summed E-state index contributed by atoms with van der Waals surface area (Å²) in [7, 11) is 1.19. The Morgan fingerprint density at radius 1 is 1.45 bits per heavy atom. The van der Waals surface area contributed by atoms with Gasteiger partial charge in [-0.25, -0.2) is 9.18 Å². The molecule has 0 spiro atoms. The molecule has 1 N–H and O–H groups in total. The molecular formula is C12H11ClFN3O3.